The second-order valence-corrected chi connectivity index (χ2v) is 3.36. The SMILES string of the molecule is CCOC(N)=O.CCS(=O)(=O)O. The van der Waals surface area contributed by atoms with Gasteiger partial charge >= 0.3 is 6.09 Å². The highest BCUT2D eigenvalue weighted by atomic mass is 32.2. The third-order valence-corrected chi connectivity index (χ3v) is 1.38. The average molecular weight is 199 g/mol. The molecule has 0 aromatic heterocycles. The number of carbonyl (C=O) groups excluding carboxylic acids is 1. The lowest BCUT2D eigenvalue weighted by molar-refractivity contribution is 0.163. The number of hydrogen-bond acceptors (Lipinski definition) is 4. The number of amides is 1. The predicted octanol–water partition coefficient (Wildman–Crippen LogP) is -0.00430. The third-order valence-electron chi connectivity index (χ3n) is 0.651. The zero-order valence-electron chi connectivity index (χ0n) is 6.98. The summed E-state index contributed by atoms with van der Waals surface area (Å²) in [6.45, 7) is 3.43. The lowest BCUT2D eigenvalue weighted by atomic mass is 10.9. The predicted molar refractivity (Wildman–Crippen MR) is 43.3 cm³/mol. The van der Waals surface area contributed by atoms with Gasteiger partial charge < -0.3 is 10.5 Å². The molecule has 74 valence electrons. The molecule has 0 bridgehead atoms. The molecule has 0 rings (SSSR count). The molecule has 0 spiro atoms. The molecule has 1 amide bonds. The summed E-state index contributed by atoms with van der Waals surface area (Å²) in [7, 11) is -3.66. The quantitative estimate of drug-likeness (QED) is 0.608. The maximum Gasteiger partial charge on any atom is 0.404 e. The van der Waals surface area contributed by atoms with Crippen LogP contribution in [0.3, 0.4) is 0 Å². The fraction of sp³-hybridized carbons (Fsp3) is 0.800. The van der Waals surface area contributed by atoms with Gasteiger partial charge in [0.05, 0.1) is 12.4 Å². The monoisotopic (exact) mass is 199 g/mol. The normalized spacial score (nSPS) is 9.58. The van der Waals surface area contributed by atoms with E-state index >= 15 is 0 Å². The van der Waals surface area contributed by atoms with E-state index in [2.05, 4.69) is 10.5 Å². The maximum atomic E-state index is 9.60. The Morgan fingerprint density at radius 1 is 1.50 bits per heavy atom. The summed E-state index contributed by atoms with van der Waals surface area (Å²) >= 11 is 0. The minimum absolute atomic E-state index is 0.201. The summed E-state index contributed by atoms with van der Waals surface area (Å²) in [6, 6.07) is 0. The van der Waals surface area contributed by atoms with E-state index in [0.717, 1.165) is 0 Å². The van der Waals surface area contributed by atoms with E-state index < -0.39 is 16.2 Å². The molecule has 0 aromatic rings. The minimum atomic E-state index is -3.66. The molecule has 0 radical (unpaired) electrons. The van der Waals surface area contributed by atoms with Crippen molar-refractivity contribution in [2.24, 2.45) is 5.73 Å². The molecule has 0 aromatic carbocycles. The molecule has 3 N–H and O–H groups in total. The molecule has 7 heteroatoms. The van der Waals surface area contributed by atoms with Crippen LogP contribution < -0.4 is 5.73 Å². The van der Waals surface area contributed by atoms with Crippen molar-refractivity contribution in [3.05, 3.63) is 0 Å². The molecule has 6 nitrogen and oxygen atoms in total. The van der Waals surface area contributed by atoms with E-state index in [-0.39, 0.29) is 5.75 Å². The van der Waals surface area contributed by atoms with Gasteiger partial charge in [0.15, 0.2) is 0 Å². The van der Waals surface area contributed by atoms with Gasteiger partial charge in [-0.1, -0.05) is 0 Å². The van der Waals surface area contributed by atoms with E-state index in [1.54, 1.807) is 6.92 Å². The maximum absolute atomic E-state index is 9.60. The Kier molecular flexibility index (Phi) is 7.86. The summed E-state index contributed by atoms with van der Waals surface area (Å²) in [5, 5.41) is 0. The highest BCUT2D eigenvalue weighted by Crippen LogP contribution is 1.74. The van der Waals surface area contributed by atoms with Crippen LogP contribution in [-0.4, -0.2) is 31.4 Å². The number of ether oxygens (including phenoxy) is 1. The second kappa shape index (κ2) is 6.86. The van der Waals surface area contributed by atoms with E-state index in [4.69, 9.17) is 4.55 Å². The zero-order chi connectivity index (χ0) is 10.2. The first-order valence-corrected chi connectivity index (χ1v) is 4.81. The fourth-order valence-electron chi connectivity index (χ4n) is 0.142. The Bertz CT molecular complexity index is 210. The first-order valence-electron chi connectivity index (χ1n) is 3.20. The summed E-state index contributed by atoms with van der Waals surface area (Å²) in [6.07, 6.45) is -0.711. The van der Waals surface area contributed by atoms with Crippen LogP contribution in [-0.2, 0) is 14.9 Å². The Balaban J connectivity index is 0. The number of rotatable bonds is 2. The molecule has 0 atom stereocenters. The Morgan fingerprint density at radius 3 is 1.83 bits per heavy atom. The van der Waals surface area contributed by atoms with Crippen molar-refractivity contribution in [1.29, 1.82) is 0 Å². The lowest BCUT2D eigenvalue weighted by Crippen LogP contribution is -2.11. The fourth-order valence-corrected chi connectivity index (χ4v) is 0.142. The van der Waals surface area contributed by atoms with Crippen LogP contribution in [0.15, 0.2) is 0 Å². The van der Waals surface area contributed by atoms with Crippen LogP contribution in [0.25, 0.3) is 0 Å². The molecule has 0 saturated carbocycles. The molecule has 0 saturated heterocycles. The summed E-state index contributed by atoms with van der Waals surface area (Å²) in [5.74, 6) is -0.201. The molecule has 0 unspecified atom stereocenters. The Hall–Kier alpha value is -0.820. The van der Waals surface area contributed by atoms with Crippen LogP contribution in [0.5, 0.6) is 0 Å². The molecular formula is C5H13NO5S. The van der Waals surface area contributed by atoms with Crippen molar-refractivity contribution in [2.75, 3.05) is 12.4 Å². The average Bonchev–Trinajstić information content (AvgIpc) is 1.87. The van der Waals surface area contributed by atoms with Gasteiger partial charge in [0.2, 0.25) is 0 Å². The smallest absolute Gasteiger partial charge is 0.404 e. The van der Waals surface area contributed by atoms with Crippen LogP contribution in [0, 0.1) is 0 Å². The van der Waals surface area contributed by atoms with Gasteiger partial charge in [-0.2, -0.15) is 8.42 Å². The topological polar surface area (TPSA) is 107 Å². The number of nitrogens with two attached hydrogens (primary N) is 1. The van der Waals surface area contributed by atoms with E-state index in [0.29, 0.717) is 6.61 Å². The number of primary amides is 1. The summed E-state index contributed by atoms with van der Waals surface area (Å²) < 4.78 is 31.1. The Morgan fingerprint density at radius 2 is 1.83 bits per heavy atom. The van der Waals surface area contributed by atoms with Crippen LogP contribution in [0.2, 0.25) is 0 Å². The van der Waals surface area contributed by atoms with Crippen molar-refractivity contribution in [1.82, 2.24) is 0 Å². The Labute approximate surface area is 71.4 Å². The number of hydrogen-bond donors (Lipinski definition) is 2. The van der Waals surface area contributed by atoms with Gasteiger partial charge in [0.25, 0.3) is 10.1 Å². The van der Waals surface area contributed by atoms with Crippen molar-refractivity contribution >= 4 is 16.2 Å². The summed E-state index contributed by atoms with van der Waals surface area (Å²) in [4.78, 5) is 9.60. The van der Waals surface area contributed by atoms with Crippen molar-refractivity contribution in [3.8, 4) is 0 Å². The minimum Gasteiger partial charge on any atom is -0.450 e. The van der Waals surface area contributed by atoms with Crippen molar-refractivity contribution in [3.63, 3.8) is 0 Å². The molecular weight excluding hydrogens is 186 g/mol. The van der Waals surface area contributed by atoms with Crippen LogP contribution >= 0.6 is 0 Å². The second-order valence-electron chi connectivity index (χ2n) is 1.62. The molecule has 0 aliphatic carbocycles. The van der Waals surface area contributed by atoms with E-state index in [1.807, 2.05) is 0 Å². The number of carbonyl (C=O) groups is 1. The standard InChI is InChI=1S/C3H7NO2.C2H6O3S/c1-2-6-3(4)5;1-2-6(3,4)5/h2H2,1H3,(H2,4,5);2H2,1H3,(H,3,4,5). The molecule has 0 fully saturated rings. The highest BCUT2D eigenvalue weighted by molar-refractivity contribution is 7.85. The van der Waals surface area contributed by atoms with Gasteiger partial charge in [0, 0.05) is 0 Å². The van der Waals surface area contributed by atoms with Crippen molar-refractivity contribution < 1.29 is 22.5 Å². The van der Waals surface area contributed by atoms with Gasteiger partial charge in [-0.25, -0.2) is 4.79 Å². The first-order chi connectivity index (χ1) is 5.33. The highest BCUT2D eigenvalue weighted by Gasteiger charge is 1.93. The van der Waals surface area contributed by atoms with E-state index in [1.165, 1.54) is 6.92 Å². The largest absolute Gasteiger partial charge is 0.450 e. The van der Waals surface area contributed by atoms with Gasteiger partial charge in [-0.15, -0.1) is 0 Å². The van der Waals surface area contributed by atoms with E-state index in [9.17, 15) is 13.2 Å². The summed E-state index contributed by atoms with van der Waals surface area (Å²) in [5.41, 5.74) is 4.54. The zero-order valence-corrected chi connectivity index (χ0v) is 7.80. The molecule has 0 aliphatic heterocycles. The van der Waals surface area contributed by atoms with Crippen molar-refractivity contribution in [2.45, 2.75) is 13.8 Å². The van der Waals surface area contributed by atoms with Gasteiger partial charge in [0.1, 0.15) is 0 Å². The first kappa shape index (κ1) is 13.7. The molecule has 12 heavy (non-hydrogen) atoms. The lowest BCUT2D eigenvalue weighted by Gasteiger charge is -1.89. The van der Waals surface area contributed by atoms with Crippen LogP contribution in [0.1, 0.15) is 13.8 Å². The van der Waals surface area contributed by atoms with Gasteiger partial charge in [-0.3, -0.25) is 4.55 Å². The molecule has 0 aliphatic rings. The third kappa shape index (κ3) is 22.9. The molecule has 0 heterocycles. The van der Waals surface area contributed by atoms with Crippen LogP contribution in [0.4, 0.5) is 4.79 Å². The van der Waals surface area contributed by atoms with Gasteiger partial charge in [-0.05, 0) is 13.8 Å².